The summed E-state index contributed by atoms with van der Waals surface area (Å²) in [6.07, 6.45) is 0.801. The Kier molecular flexibility index (Phi) is 6.17. The number of nitrogens with zero attached hydrogens (tertiary/aromatic N) is 1. The van der Waals surface area contributed by atoms with Gasteiger partial charge in [-0.25, -0.2) is 9.59 Å². The number of rotatable bonds is 7. The highest BCUT2D eigenvalue weighted by atomic mass is 16.4. The molecule has 0 saturated heterocycles. The first-order valence-corrected chi connectivity index (χ1v) is 6.86. The van der Waals surface area contributed by atoms with E-state index < -0.39 is 17.5 Å². The van der Waals surface area contributed by atoms with Gasteiger partial charge in [0.1, 0.15) is 0 Å². The van der Waals surface area contributed by atoms with Crippen LogP contribution >= 0.6 is 0 Å². The quantitative estimate of drug-likeness (QED) is 0.661. The predicted molar refractivity (Wildman–Crippen MR) is 81.1 cm³/mol. The molecule has 116 valence electrons. The van der Waals surface area contributed by atoms with Gasteiger partial charge < -0.3 is 20.6 Å². The molecular weight excluding hydrogens is 270 g/mol. The first kappa shape index (κ1) is 17.0. The van der Waals surface area contributed by atoms with Crippen molar-refractivity contribution in [3.8, 4) is 0 Å². The van der Waals surface area contributed by atoms with Crippen LogP contribution in [0.25, 0.3) is 0 Å². The fourth-order valence-electron chi connectivity index (χ4n) is 1.89. The van der Waals surface area contributed by atoms with E-state index in [9.17, 15) is 14.7 Å². The average Bonchev–Trinajstić information content (AvgIpc) is 2.44. The first-order chi connectivity index (χ1) is 9.86. The Bertz CT molecular complexity index is 476. The van der Waals surface area contributed by atoms with E-state index in [2.05, 4.69) is 10.6 Å². The highest BCUT2D eigenvalue weighted by Gasteiger charge is 2.36. The van der Waals surface area contributed by atoms with Gasteiger partial charge in [0.2, 0.25) is 0 Å². The summed E-state index contributed by atoms with van der Waals surface area (Å²) in [7, 11) is 3.91. The second-order valence-corrected chi connectivity index (χ2v) is 5.33. The summed E-state index contributed by atoms with van der Waals surface area (Å²) in [5, 5.41) is 14.6. The summed E-state index contributed by atoms with van der Waals surface area (Å²) < 4.78 is 0. The number of hydrogen-bond acceptors (Lipinski definition) is 3. The lowest BCUT2D eigenvalue weighted by Gasteiger charge is -2.27. The molecule has 0 bridgehead atoms. The Hall–Kier alpha value is -2.08. The Balaban J connectivity index is 2.63. The van der Waals surface area contributed by atoms with Crippen LogP contribution in [0.3, 0.4) is 0 Å². The van der Waals surface area contributed by atoms with Crippen molar-refractivity contribution in [3.05, 3.63) is 35.9 Å². The zero-order valence-corrected chi connectivity index (χ0v) is 12.7. The molecule has 1 aromatic carbocycles. The molecular formula is C15H23N3O3. The molecule has 0 spiro atoms. The van der Waals surface area contributed by atoms with Gasteiger partial charge in [-0.2, -0.15) is 0 Å². The fraction of sp³-hybridized carbons (Fsp3) is 0.467. The zero-order chi connectivity index (χ0) is 15.9. The molecule has 2 amide bonds. The zero-order valence-electron chi connectivity index (χ0n) is 12.7. The van der Waals surface area contributed by atoms with Gasteiger partial charge in [0.05, 0.1) is 0 Å². The normalized spacial score (nSPS) is 13.5. The molecule has 0 radical (unpaired) electrons. The Morgan fingerprint density at radius 1 is 1.24 bits per heavy atom. The van der Waals surface area contributed by atoms with Gasteiger partial charge in [-0.1, -0.05) is 30.3 Å². The minimum absolute atomic E-state index is 0.484. The molecule has 0 aliphatic heterocycles. The van der Waals surface area contributed by atoms with E-state index in [1.807, 2.05) is 19.0 Å². The van der Waals surface area contributed by atoms with E-state index in [0.29, 0.717) is 12.1 Å². The van der Waals surface area contributed by atoms with Crippen molar-refractivity contribution in [2.24, 2.45) is 0 Å². The first-order valence-electron chi connectivity index (χ1n) is 6.86. The van der Waals surface area contributed by atoms with Gasteiger partial charge in [0, 0.05) is 6.54 Å². The Labute approximate surface area is 125 Å². The van der Waals surface area contributed by atoms with E-state index in [0.717, 1.165) is 13.0 Å². The molecule has 0 aliphatic carbocycles. The van der Waals surface area contributed by atoms with E-state index in [-0.39, 0.29) is 0 Å². The maximum Gasteiger partial charge on any atom is 0.333 e. The molecule has 0 aromatic heterocycles. The molecule has 1 unspecified atom stereocenters. The van der Waals surface area contributed by atoms with Gasteiger partial charge >= 0.3 is 12.0 Å². The van der Waals surface area contributed by atoms with Crippen molar-refractivity contribution in [3.63, 3.8) is 0 Å². The monoisotopic (exact) mass is 293 g/mol. The second kappa shape index (κ2) is 7.64. The number of carbonyl (C=O) groups excluding carboxylic acids is 1. The number of aliphatic carboxylic acids is 1. The summed E-state index contributed by atoms with van der Waals surface area (Å²) in [6, 6.07) is 8.16. The highest BCUT2D eigenvalue weighted by Crippen LogP contribution is 2.20. The lowest BCUT2D eigenvalue weighted by molar-refractivity contribution is -0.144. The summed E-state index contributed by atoms with van der Waals surface area (Å²) in [6.45, 7) is 2.83. The van der Waals surface area contributed by atoms with Crippen LogP contribution in [0.2, 0.25) is 0 Å². The number of benzene rings is 1. The van der Waals surface area contributed by atoms with E-state index in [4.69, 9.17) is 0 Å². The third kappa shape index (κ3) is 5.07. The van der Waals surface area contributed by atoms with Crippen LogP contribution in [0.5, 0.6) is 0 Å². The maximum atomic E-state index is 11.9. The van der Waals surface area contributed by atoms with Gasteiger partial charge in [-0.05, 0) is 39.5 Å². The van der Waals surface area contributed by atoms with Gasteiger partial charge in [-0.3, -0.25) is 0 Å². The molecule has 0 aliphatic rings. The van der Waals surface area contributed by atoms with Gasteiger partial charge in [-0.15, -0.1) is 0 Å². The molecule has 0 saturated carbocycles. The van der Waals surface area contributed by atoms with Crippen LogP contribution in [0, 0.1) is 0 Å². The summed E-state index contributed by atoms with van der Waals surface area (Å²) >= 11 is 0. The Morgan fingerprint density at radius 2 is 1.86 bits per heavy atom. The molecule has 0 fully saturated rings. The molecule has 6 heteroatoms. The minimum Gasteiger partial charge on any atom is -0.479 e. The number of carboxylic acid groups (broad SMARTS) is 1. The predicted octanol–water partition coefficient (Wildman–Crippen LogP) is 1.24. The number of hydrogen-bond donors (Lipinski definition) is 3. The van der Waals surface area contributed by atoms with Crippen molar-refractivity contribution in [2.75, 3.05) is 27.2 Å². The third-order valence-electron chi connectivity index (χ3n) is 3.21. The van der Waals surface area contributed by atoms with E-state index in [1.54, 1.807) is 30.3 Å². The number of urea groups is 1. The highest BCUT2D eigenvalue weighted by molar-refractivity contribution is 5.87. The Morgan fingerprint density at radius 3 is 2.38 bits per heavy atom. The van der Waals surface area contributed by atoms with Crippen LogP contribution in [0.1, 0.15) is 18.9 Å². The largest absolute Gasteiger partial charge is 0.479 e. The molecule has 1 aromatic rings. The maximum absolute atomic E-state index is 11.9. The van der Waals surface area contributed by atoms with Crippen LogP contribution in [-0.4, -0.2) is 49.2 Å². The fourth-order valence-corrected chi connectivity index (χ4v) is 1.89. The summed E-state index contributed by atoms with van der Waals surface area (Å²) in [5.41, 5.74) is -0.923. The number of amides is 2. The van der Waals surface area contributed by atoms with Crippen molar-refractivity contribution in [1.82, 2.24) is 15.5 Å². The van der Waals surface area contributed by atoms with Crippen LogP contribution < -0.4 is 10.6 Å². The molecule has 6 nitrogen and oxygen atoms in total. The topological polar surface area (TPSA) is 81.7 Å². The lowest BCUT2D eigenvalue weighted by atomic mass is 9.92. The van der Waals surface area contributed by atoms with Crippen molar-refractivity contribution >= 4 is 12.0 Å². The third-order valence-corrected chi connectivity index (χ3v) is 3.21. The van der Waals surface area contributed by atoms with Gasteiger partial charge in [0.15, 0.2) is 5.54 Å². The lowest BCUT2D eigenvalue weighted by Crippen LogP contribution is -2.53. The molecule has 3 N–H and O–H groups in total. The summed E-state index contributed by atoms with van der Waals surface area (Å²) in [4.78, 5) is 25.4. The average molecular weight is 293 g/mol. The van der Waals surface area contributed by atoms with Crippen LogP contribution in [0.4, 0.5) is 4.79 Å². The molecule has 21 heavy (non-hydrogen) atoms. The van der Waals surface area contributed by atoms with E-state index in [1.165, 1.54) is 6.92 Å². The minimum atomic E-state index is -1.45. The second-order valence-electron chi connectivity index (χ2n) is 5.33. The van der Waals surface area contributed by atoms with Crippen LogP contribution in [-0.2, 0) is 10.3 Å². The van der Waals surface area contributed by atoms with Crippen LogP contribution in [0.15, 0.2) is 30.3 Å². The number of carbonyl (C=O) groups is 2. The summed E-state index contributed by atoms with van der Waals surface area (Å²) in [5.74, 6) is -1.10. The van der Waals surface area contributed by atoms with Crippen molar-refractivity contribution < 1.29 is 14.7 Å². The number of nitrogens with one attached hydrogen (secondary N) is 2. The van der Waals surface area contributed by atoms with Gasteiger partial charge in [0.25, 0.3) is 0 Å². The standard InChI is InChI=1S/C15H23N3O3/c1-15(13(19)20,12-8-5-4-6-9-12)17-14(21)16-10-7-11-18(2)3/h4-6,8-9H,7,10-11H2,1-3H3,(H,19,20)(H2,16,17,21). The van der Waals surface area contributed by atoms with Crippen molar-refractivity contribution in [2.45, 2.75) is 18.9 Å². The molecule has 0 heterocycles. The smallest absolute Gasteiger partial charge is 0.333 e. The SMILES string of the molecule is CN(C)CCCNC(=O)NC(C)(C(=O)O)c1ccccc1. The molecule has 1 rings (SSSR count). The molecule has 1 atom stereocenters. The van der Waals surface area contributed by atoms with E-state index >= 15 is 0 Å². The number of carboxylic acids is 1. The van der Waals surface area contributed by atoms with Crippen molar-refractivity contribution in [1.29, 1.82) is 0 Å².